The zero-order valence-electron chi connectivity index (χ0n) is 11.2. The highest BCUT2D eigenvalue weighted by molar-refractivity contribution is 4.98. The molecule has 7 heteroatoms. The summed E-state index contributed by atoms with van der Waals surface area (Å²) in [7, 11) is 3.27. The molecular formula is C11H21N5O2. The van der Waals surface area contributed by atoms with E-state index in [1.54, 1.807) is 20.5 Å². The lowest BCUT2D eigenvalue weighted by atomic mass is 9.98. The first-order valence-electron chi connectivity index (χ1n) is 6.03. The number of hydrogen-bond donors (Lipinski definition) is 1. The van der Waals surface area contributed by atoms with Gasteiger partial charge in [0, 0.05) is 33.9 Å². The third-order valence-electron chi connectivity index (χ3n) is 3.71. The molecule has 2 N–H and O–H groups in total. The first-order valence-corrected chi connectivity index (χ1v) is 6.03. The lowest BCUT2D eigenvalue weighted by Gasteiger charge is -2.45. The van der Waals surface area contributed by atoms with Crippen molar-refractivity contribution in [2.24, 2.45) is 5.73 Å². The van der Waals surface area contributed by atoms with Crippen LogP contribution in [0, 0.1) is 0 Å². The Morgan fingerprint density at radius 2 is 2.17 bits per heavy atom. The average molecular weight is 255 g/mol. The van der Waals surface area contributed by atoms with E-state index in [0.717, 1.165) is 18.9 Å². The number of methoxy groups -OCH3 is 2. The van der Waals surface area contributed by atoms with E-state index < -0.39 is 0 Å². The average Bonchev–Trinajstić information content (AvgIpc) is 2.86. The highest BCUT2D eigenvalue weighted by atomic mass is 16.7. The third kappa shape index (κ3) is 2.14. The maximum atomic E-state index is 5.94. The van der Waals surface area contributed by atoms with Crippen molar-refractivity contribution in [2.75, 3.05) is 27.3 Å². The topological polar surface area (TPSA) is 78.4 Å². The van der Waals surface area contributed by atoms with Crippen molar-refractivity contribution in [1.82, 2.24) is 19.7 Å². The van der Waals surface area contributed by atoms with Crippen molar-refractivity contribution in [1.29, 1.82) is 0 Å². The van der Waals surface area contributed by atoms with Gasteiger partial charge in [0.25, 0.3) is 0 Å². The van der Waals surface area contributed by atoms with Crippen molar-refractivity contribution in [3.05, 3.63) is 12.2 Å². The van der Waals surface area contributed by atoms with Crippen LogP contribution in [-0.4, -0.2) is 58.8 Å². The van der Waals surface area contributed by atoms with Gasteiger partial charge in [-0.3, -0.25) is 4.90 Å². The van der Waals surface area contributed by atoms with Gasteiger partial charge in [0.05, 0.1) is 12.1 Å². The number of ether oxygens (including phenoxy) is 2. The molecule has 0 spiro atoms. The smallest absolute Gasteiger partial charge is 0.176 e. The summed E-state index contributed by atoms with van der Waals surface area (Å²) in [6.45, 7) is 4.95. The third-order valence-corrected chi connectivity index (χ3v) is 3.71. The van der Waals surface area contributed by atoms with Crippen LogP contribution in [0.15, 0.2) is 6.33 Å². The van der Waals surface area contributed by atoms with E-state index in [4.69, 9.17) is 15.2 Å². The minimum Gasteiger partial charge on any atom is -0.354 e. The molecule has 0 saturated heterocycles. The van der Waals surface area contributed by atoms with Crippen molar-refractivity contribution < 1.29 is 9.47 Å². The fraction of sp³-hybridized carbons (Fsp3) is 0.818. The first-order chi connectivity index (χ1) is 8.65. The number of nitrogens with zero attached hydrogens (tertiary/aromatic N) is 4. The van der Waals surface area contributed by atoms with Crippen LogP contribution < -0.4 is 5.73 Å². The van der Waals surface area contributed by atoms with Gasteiger partial charge in [0.2, 0.25) is 0 Å². The molecule has 0 aliphatic carbocycles. The summed E-state index contributed by atoms with van der Waals surface area (Å²) >= 11 is 0. The minimum atomic E-state index is -0.374. The lowest BCUT2D eigenvalue weighted by molar-refractivity contribution is -0.185. The van der Waals surface area contributed by atoms with Gasteiger partial charge in [0.1, 0.15) is 12.2 Å². The van der Waals surface area contributed by atoms with Crippen LogP contribution in [0.25, 0.3) is 0 Å². The fourth-order valence-electron chi connectivity index (χ4n) is 2.48. The van der Waals surface area contributed by atoms with Gasteiger partial charge < -0.3 is 19.8 Å². The molecule has 102 valence electrons. The first kappa shape index (κ1) is 13.4. The number of hydrogen-bond acceptors (Lipinski definition) is 6. The predicted molar refractivity (Wildman–Crippen MR) is 65.7 cm³/mol. The molecule has 0 fully saturated rings. The van der Waals surface area contributed by atoms with Gasteiger partial charge in [-0.25, -0.2) is 0 Å². The molecule has 0 amide bonds. The minimum absolute atomic E-state index is 0.364. The van der Waals surface area contributed by atoms with Crippen molar-refractivity contribution in [2.45, 2.75) is 31.8 Å². The number of fused-ring (bicyclic) bond motifs is 1. The molecule has 2 heterocycles. The van der Waals surface area contributed by atoms with Crippen LogP contribution in [0.2, 0.25) is 0 Å². The van der Waals surface area contributed by atoms with Gasteiger partial charge >= 0.3 is 0 Å². The Morgan fingerprint density at radius 1 is 1.44 bits per heavy atom. The monoisotopic (exact) mass is 255 g/mol. The summed E-state index contributed by atoms with van der Waals surface area (Å²) in [6.07, 6.45) is 1.40. The zero-order chi connectivity index (χ0) is 13.2. The van der Waals surface area contributed by atoms with Crippen LogP contribution in [-0.2, 0) is 22.6 Å². The molecule has 0 bridgehead atoms. The van der Waals surface area contributed by atoms with E-state index in [1.807, 2.05) is 0 Å². The molecule has 7 nitrogen and oxygen atoms in total. The Labute approximate surface area is 107 Å². The van der Waals surface area contributed by atoms with E-state index in [9.17, 15) is 0 Å². The van der Waals surface area contributed by atoms with Gasteiger partial charge in [0.15, 0.2) is 6.29 Å². The number of rotatable bonds is 5. The van der Waals surface area contributed by atoms with E-state index in [0.29, 0.717) is 13.1 Å². The Kier molecular flexibility index (Phi) is 3.96. The molecule has 1 aliphatic rings. The zero-order valence-corrected chi connectivity index (χ0v) is 11.2. The van der Waals surface area contributed by atoms with E-state index in [-0.39, 0.29) is 11.8 Å². The number of nitrogens with two attached hydrogens (primary N) is 1. The van der Waals surface area contributed by atoms with Gasteiger partial charge in [-0.15, -0.1) is 10.2 Å². The molecule has 0 saturated carbocycles. The quantitative estimate of drug-likeness (QED) is 0.710. The molecule has 1 aromatic heterocycles. The molecule has 1 aliphatic heterocycles. The van der Waals surface area contributed by atoms with Crippen LogP contribution >= 0.6 is 0 Å². The number of aromatic nitrogens is 3. The second kappa shape index (κ2) is 5.31. The van der Waals surface area contributed by atoms with Gasteiger partial charge in [-0.2, -0.15) is 0 Å². The molecule has 1 aromatic rings. The van der Waals surface area contributed by atoms with Crippen molar-refractivity contribution in [3.63, 3.8) is 0 Å². The molecule has 1 atom stereocenters. The summed E-state index contributed by atoms with van der Waals surface area (Å²) in [6, 6.07) is 0. The van der Waals surface area contributed by atoms with Crippen LogP contribution in [0.3, 0.4) is 0 Å². The summed E-state index contributed by atoms with van der Waals surface area (Å²) in [4.78, 5) is 2.24. The normalized spacial score (nSPS) is 19.8. The van der Waals surface area contributed by atoms with Crippen LogP contribution in [0.5, 0.6) is 0 Å². The maximum Gasteiger partial charge on any atom is 0.176 e. The molecule has 18 heavy (non-hydrogen) atoms. The maximum absolute atomic E-state index is 5.94. The summed E-state index contributed by atoms with van der Waals surface area (Å²) < 4.78 is 12.8. The van der Waals surface area contributed by atoms with Crippen LogP contribution in [0.4, 0.5) is 0 Å². The summed E-state index contributed by atoms with van der Waals surface area (Å²) in [5, 5.41) is 8.04. The SMILES string of the molecule is COC(OC)C(C)(CN)N1CCn2cnnc2C1. The molecule has 1 unspecified atom stereocenters. The summed E-state index contributed by atoms with van der Waals surface area (Å²) in [5.41, 5.74) is 5.57. The van der Waals surface area contributed by atoms with E-state index in [1.165, 1.54) is 0 Å². The Hall–Kier alpha value is -1.02. The standard InChI is InChI=1S/C11H21N5O2/c1-11(7-12,10(17-2)18-3)16-5-4-15-8-13-14-9(15)6-16/h8,10H,4-7,12H2,1-3H3. The highest BCUT2D eigenvalue weighted by Crippen LogP contribution is 2.25. The Bertz CT molecular complexity index is 393. The lowest BCUT2D eigenvalue weighted by Crippen LogP contribution is -2.61. The molecule has 2 rings (SSSR count). The van der Waals surface area contributed by atoms with Crippen LogP contribution in [0.1, 0.15) is 12.7 Å². The highest BCUT2D eigenvalue weighted by Gasteiger charge is 2.41. The second-order valence-corrected chi connectivity index (χ2v) is 4.73. The second-order valence-electron chi connectivity index (χ2n) is 4.73. The van der Waals surface area contributed by atoms with E-state index >= 15 is 0 Å². The largest absolute Gasteiger partial charge is 0.354 e. The van der Waals surface area contributed by atoms with Gasteiger partial charge in [-0.1, -0.05) is 0 Å². The van der Waals surface area contributed by atoms with Gasteiger partial charge in [-0.05, 0) is 6.92 Å². The predicted octanol–water partition coefficient (Wildman–Crippen LogP) is -0.570. The molecule has 0 radical (unpaired) electrons. The fourth-order valence-corrected chi connectivity index (χ4v) is 2.48. The van der Waals surface area contributed by atoms with Crippen molar-refractivity contribution >= 4 is 0 Å². The molecular weight excluding hydrogens is 234 g/mol. The Morgan fingerprint density at radius 3 is 2.78 bits per heavy atom. The van der Waals surface area contributed by atoms with Crippen molar-refractivity contribution in [3.8, 4) is 0 Å². The molecule has 0 aromatic carbocycles. The van der Waals surface area contributed by atoms with E-state index in [2.05, 4.69) is 26.6 Å². The summed E-state index contributed by atoms with van der Waals surface area (Å²) in [5.74, 6) is 0.951. The Balaban J connectivity index is 2.19.